The maximum atomic E-state index is 12.3. The van der Waals surface area contributed by atoms with Crippen molar-refractivity contribution in [2.45, 2.75) is 38.1 Å². The largest absolute Gasteiger partial charge is 0.497 e. The maximum absolute atomic E-state index is 12.3. The fourth-order valence-electron chi connectivity index (χ4n) is 3.31. The van der Waals surface area contributed by atoms with Crippen LogP contribution in [0.3, 0.4) is 0 Å². The van der Waals surface area contributed by atoms with Gasteiger partial charge in [0.25, 0.3) is 5.91 Å². The second-order valence-electron chi connectivity index (χ2n) is 6.90. The van der Waals surface area contributed by atoms with E-state index in [0.717, 1.165) is 38.1 Å². The Labute approximate surface area is 154 Å². The Hall–Kier alpha value is -2.34. The molecule has 0 bridgehead atoms. The fraction of sp³-hybridized carbons (Fsp3) is 0.500. The van der Waals surface area contributed by atoms with Crippen LogP contribution >= 0.6 is 0 Å². The molecule has 2 heterocycles. The zero-order valence-electron chi connectivity index (χ0n) is 15.6. The van der Waals surface area contributed by atoms with Gasteiger partial charge in [-0.1, -0.05) is 19.1 Å². The molecule has 1 aromatic heterocycles. The van der Waals surface area contributed by atoms with Gasteiger partial charge in [0, 0.05) is 19.3 Å². The normalized spacial score (nSPS) is 18.3. The van der Waals surface area contributed by atoms with Crippen molar-refractivity contribution in [3.8, 4) is 5.75 Å². The van der Waals surface area contributed by atoms with Crippen molar-refractivity contribution in [3.63, 3.8) is 0 Å². The fourth-order valence-corrected chi connectivity index (χ4v) is 3.31. The number of amides is 1. The number of benzene rings is 1. The first kappa shape index (κ1) is 18.5. The number of hydrogen-bond donors (Lipinski definition) is 2. The lowest BCUT2D eigenvalue weighted by molar-refractivity contribution is 0.0946. The van der Waals surface area contributed by atoms with Crippen LogP contribution in [-0.4, -0.2) is 42.4 Å². The highest BCUT2D eigenvalue weighted by atomic mass is 16.5. The van der Waals surface area contributed by atoms with Crippen molar-refractivity contribution in [2.75, 3.05) is 26.7 Å². The summed E-state index contributed by atoms with van der Waals surface area (Å²) in [6, 6.07) is 10.2. The van der Waals surface area contributed by atoms with Crippen LogP contribution in [0.25, 0.3) is 0 Å². The van der Waals surface area contributed by atoms with Crippen molar-refractivity contribution < 1.29 is 9.53 Å². The highest BCUT2D eigenvalue weighted by Gasteiger charge is 2.17. The Kier molecular flexibility index (Phi) is 6.28. The van der Waals surface area contributed by atoms with E-state index in [1.807, 2.05) is 23.0 Å². The van der Waals surface area contributed by atoms with E-state index in [2.05, 4.69) is 34.8 Å². The van der Waals surface area contributed by atoms with Gasteiger partial charge in [0.2, 0.25) is 0 Å². The van der Waals surface area contributed by atoms with Crippen molar-refractivity contribution >= 4 is 5.91 Å². The monoisotopic (exact) mass is 356 g/mol. The molecule has 2 N–H and O–H groups in total. The van der Waals surface area contributed by atoms with Crippen LogP contribution in [0.4, 0.5) is 0 Å². The van der Waals surface area contributed by atoms with Gasteiger partial charge < -0.3 is 15.4 Å². The summed E-state index contributed by atoms with van der Waals surface area (Å²) in [5, 5.41) is 10.8. The van der Waals surface area contributed by atoms with Crippen molar-refractivity contribution in [1.82, 2.24) is 20.4 Å². The third-order valence-electron chi connectivity index (χ3n) is 5.03. The molecule has 0 radical (unpaired) electrons. The van der Waals surface area contributed by atoms with Crippen LogP contribution in [0.2, 0.25) is 0 Å². The molecule has 1 aliphatic heterocycles. The van der Waals surface area contributed by atoms with E-state index in [4.69, 9.17) is 4.74 Å². The van der Waals surface area contributed by atoms with E-state index in [0.29, 0.717) is 24.2 Å². The molecular formula is C20H28N4O2. The van der Waals surface area contributed by atoms with E-state index in [1.165, 1.54) is 5.56 Å². The molecule has 1 fully saturated rings. The van der Waals surface area contributed by atoms with Crippen molar-refractivity contribution in [2.24, 2.45) is 0 Å². The van der Waals surface area contributed by atoms with Crippen LogP contribution in [-0.2, 0) is 0 Å². The quantitative estimate of drug-likeness (QED) is 0.800. The maximum Gasteiger partial charge on any atom is 0.271 e. The second-order valence-corrected chi connectivity index (χ2v) is 6.90. The molecule has 2 unspecified atom stereocenters. The zero-order chi connectivity index (χ0) is 18.4. The van der Waals surface area contributed by atoms with Gasteiger partial charge in [0.1, 0.15) is 11.4 Å². The molecule has 6 nitrogen and oxygen atoms in total. The summed E-state index contributed by atoms with van der Waals surface area (Å²) < 4.78 is 7.10. The lowest BCUT2D eigenvalue weighted by Gasteiger charge is -2.22. The number of carbonyl (C=O) groups is 1. The molecule has 140 valence electrons. The zero-order valence-corrected chi connectivity index (χ0v) is 15.6. The lowest BCUT2D eigenvalue weighted by atomic mass is 9.98. The van der Waals surface area contributed by atoms with Crippen LogP contribution in [0.15, 0.2) is 36.5 Å². The molecule has 1 aromatic carbocycles. The number of piperidine rings is 1. The number of methoxy groups -OCH3 is 1. The summed E-state index contributed by atoms with van der Waals surface area (Å²) in [7, 11) is 1.67. The van der Waals surface area contributed by atoms with E-state index >= 15 is 0 Å². The number of ether oxygens (including phenoxy) is 1. The summed E-state index contributed by atoms with van der Waals surface area (Å²) >= 11 is 0. The van der Waals surface area contributed by atoms with E-state index in [1.54, 1.807) is 13.2 Å². The van der Waals surface area contributed by atoms with Crippen LogP contribution in [0, 0.1) is 0 Å². The molecule has 6 heteroatoms. The summed E-state index contributed by atoms with van der Waals surface area (Å²) in [5.41, 5.74) is 1.74. The Balaban J connectivity index is 1.46. The smallest absolute Gasteiger partial charge is 0.271 e. The van der Waals surface area contributed by atoms with Gasteiger partial charge in [-0.15, -0.1) is 0 Å². The Bertz CT molecular complexity index is 705. The minimum absolute atomic E-state index is 0.102. The summed E-state index contributed by atoms with van der Waals surface area (Å²) in [6.45, 7) is 4.78. The number of carbonyl (C=O) groups excluding carboxylic acids is 1. The minimum atomic E-state index is -0.102. The topological polar surface area (TPSA) is 68.2 Å². The molecule has 0 aliphatic carbocycles. The highest BCUT2D eigenvalue weighted by molar-refractivity contribution is 5.92. The molecule has 2 aromatic rings. The average Bonchev–Trinajstić information content (AvgIpc) is 3.19. The first-order valence-electron chi connectivity index (χ1n) is 9.35. The number of nitrogens with zero attached hydrogens (tertiary/aromatic N) is 2. The van der Waals surface area contributed by atoms with E-state index < -0.39 is 0 Å². The number of aromatic nitrogens is 2. The molecular weight excluding hydrogens is 328 g/mol. The molecule has 3 rings (SSSR count). The number of nitrogens with one attached hydrogen (secondary N) is 2. The summed E-state index contributed by atoms with van der Waals surface area (Å²) in [5.74, 6) is 1.12. The van der Waals surface area contributed by atoms with Gasteiger partial charge in [-0.3, -0.25) is 9.48 Å². The lowest BCUT2D eigenvalue weighted by Crippen LogP contribution is -2.32. The third kappa shape index (κ3) is 4.64. The van der Waals surface area contributed by atoms with E-state index in [-0.39, 0.29) is 5.91 Å². The van der Waals surface area contributed by atoms with Crippen molar-refractivity contribution in [3.05, 3.63) is 47.8 Å². The molecule has 1 amide bonds. The van der Waals surface area contributed by atoms with Crippen LogP contribution in [0.5, 0.6) is 5.75 Å². The van der Waals surface area contributed by atoms with Gasteiger partial charge in [-0.2, -0.15) is 5.10 Å². The molecule has 26 heavy (non-hydrogen) atoms. The van der Waals surface area contributed by atoms with Gasteiger partial charge in [0.05, 0.1) is 13.2 Å². The van der Waals surface area contributed by atoms with Gasteiger partial charge in [-0.05, 0) is 55.5 Å². The predicted octanol–water partition coefficient (Wildman–Crippen LogP) is 2.74. The van der Waals surface area contributed by atoms with E-state index in [9.17, 15) is 4.79 Å². The first-order valence-corrected chi connectivity index (χ1v) is 9.35. The standard InChI is InChI=1S/C20H28N4O2/c1-15(16-5-7-18(26-2)8-6-16)9-12-22-20(25)19-10-13-24(23-19)17-4-3-11-21-14-17/h5-8,10,13,15,17,21H,3-4,9,11-12,14H2,1-2H3,(H,22,25). The molecule has 1 saturated heterocycles. The Morgan fingerprint density at radius 2 is 2.19 bits per heavy atom. The van der Waals surface area contributed by atoms with Crippen molar-refractivity contribution in [1.29, 1.82) is 0 Å². The Morgan fingerprint density at radius 3 is 2.88 bits per heavy atom. The second kappa shape index (κ2) is 8.85. The number of hydrogen-bond acceptors (Lipinski definition) is 4. The summed E-state index contributed by atoms with van der Waals surface area (Å²) in [6.07, 6.45) is 5.04. The summed E-state index contributed by atoms with van der Waals surface area (Å²) in [4.78, 5) is 12.3. The van der Waals surface area contributed by atoms with Crippen LogP contribution < -0.4 is 15.4 Å². The SMILES string of the molecule is COc1ccc(C(C)CCNC(=O)c2ccn(C3CCCNC3)n2)cc1. The first-order chi connectivity index (χ1) is 12.7. The van der Waals surface area contributed by atoms with Gasteiger partial charge >= 0.3 is 0 Å². The third-order valence-corrected chi connectivity index (χ3v) is 5.03. The Morgan fingerprint density at radius 1 is 1.38 bits per heavy atom. The highest BCUT2D eigenvalue weighted by Crippen LogP contribution is 2.21. The van der Waals surface area contributed by atoms with Gasteiger partial charge in [-0.25, -0.2) is 0 Å². The molecule has 1 aliphatic rings. The average molecular weight is 356 g/mol. The van der Waals surface area contributed by atoms with Crippen LogP contribution in [0.1, 0.15) is 54.2 Å². The predicted molar refractivity (Wildman–Crippen MR) is 102 cm³/mol. The minimum Gasteiger partial charge on any atom is -0.497 e. The molecule has 2 atom stereocenters. The van der Waals surface area contributed by atoms with Gasteiger partial charge in [0.15, 0.2) is 0 Å². The molecule has 0 spiro atoms. The number of rotatable bonds is 7. The molecule has 0 saturated carbocycles.